The number of hydrogen-bond acceptors (Lipinski definition) is 2. The molecule has 23 heavy (non-hydrogen) atoms. The van der Waals surface area contributed by atoms with Gasteiger partial charge in [-0.05, 0) is 30.3 Å². The van der Waals surface area contributed by atoms with Gasteiger partial charge in [-0.2, -0.15) is 13.2 Å². The van der Waals surface area contributed by atoms with E-state index in [0.717, 1.165) is 6.07 Å². The molecule has 2 rings (SSSR count). The van der Waals surface area contributed by atoms with Crippen LogP contribution in [-0.4, -0.2) is 17.0 Å². The Bertz CT molecular complexity index is 775. The summed E-state index contributed by atoms with van der Waals surface area (Å²) in [6, 6.07) is 8.09. The van der Waals surface area contributed by atoms with E-state index in [1.54, 1.807) is 0 Å². The van der Waals surface area contributed by atoms with Gasteiger partial charge in [0.1, 0.15) is 0 Å². The van der Waals surface area contributed by atoms with Gasteiger partial charge in [0.2, 0.25) is 0 Å². The van der Waals surface area contributed by atoms with Crippen LogP contribution in [0.3, 0.4) is 0 Å². The molecule has 0 fully saturated rings. The lowest BCUT2D eigenvalue weighted by molar-refractivity contribution is -0.136. The highest BCUT2D eigenvalue weighted by Crippen LogP contribution is 2.36. The molecule has 1 amide bonds. The third-order valence-electron chi connectivity index (χ3n) is 2.94. The van der Waals surface area contributed by atoms with Gasteiger partial charge in [-0.1, -0.05) is 23.7 Å². The van der Waals surface area contributed by atoms with Crippen LogP contribution < -0.4 is 5.32 Å². The number of alkyl halides is 3. The van der Waals surface area contributed by atoms with Crippen LogP contribution in [0.4, 0.5) is 18.9 Å². The number of carboxylic acid groups (broad SMARTS) is 1. The van der Waals surface area contributed by atoms with E-state index in [2.05, 4.69) is 5.32 Å². The molecule has 8 heteroatoms. The highest BCUT2D eigenvalue weighted by atomic mass is 35.5. The number of carboxylic acids is 1. The maximum Gasteiger partial charge on any atom is 0.418 e. The third-order valence-corrected chi connectivity index (χ3v) is 3.17. The van der Waals surface area contributed by atoms with E-state index in [1.165, 1.54) is 30.3 Å². The molecule has 4 nitrogen and oxygen atoms in total. The second-order valence-corrected chi connectivity index (χ2v) is 4.93. The molecule has 2 N–H and O–H groups in total. The van der Waals surface area contributed by atoms with Crippen molar-refractivity contribution >= 4 is 29.2 Å². The minimum Gasteiger partial charge on any atom is -0.478 e. The molecular formula is C15H9ClF3NO3. The Labute approximate surface area is 133 Å². The quantitative estimate of drug-likeness (QED) is 0.872. The van der Waals surface area contributed by atoms with Gasteiger partial charge in [0.15, 0.2) is 0 Å². The molecule has 0 saturated carbocycles. The van der Waals surface area contributed by atoms with Gasteiger partial charge < -0.3 is 10.4 Å². The number of aromatic carboxylic acids is 1. The fraction of sp³-hybridized carbons (Fsp3) is 0.0667. The average molecular weight is 344 g/mol. The predicted octanol–water partition coefficient (Wildman–Crippen LogP) is 4.31. The number of benzene rings is 2. The van der Waals surface area contributed by atoms with Crippen LogP contribution in [0, 0.1) is 0 Å². The summed E-state index contributed by atoms with van der Waals surface area (Å²) in [7, 11) is 0. The number of anilines is 1. The van der Waals surface area contributed by atoms with Gasteiger partial charge in [0.25, 0.3) is 5.91 Å². The van der Waals surface area contributed by atoms with Crippen LogP contribution >= 0.6 is 11.6 Å². The number of halogens is 4. The molecule has 0 radical (unpaired) electrons. The maximum atomic E-state index is 13.0. The van der Waals surface area contributed by atoms with E-state index < -0.39 is 29.3 Å². The Morgan fingerprint density at radius 3 is 2.22 bits per heavy atom. The van der Waals surface area contributed by atoms with Crippen LogP contribution in [0.2, 0.25) is 5.02 Å². The number of carbonyl (C=O) groups excluding carboxylic acids is 1. The van der Waals surface area contributed by atoms with Crippen molar-refractivity contribution in [3.63, 3.8) is 0 Å². The zero-order chi connectivity index (χ0) is 17.2. The molecule has 0 aliphatic carbocycles. The summed E-state index contributed by atoms with van der Waals surface area (Å²) in [5.74, 6) is -2.32. The molecule has 0 spiro atoms. The predicted molar refractivity (Wildman–Crippen MR) is 77.8 cm³/mol. The van der Waals surface area contributed by atoms with Gasteiger partial charge in [-0.15, -0.1) is 0 Å². The number of carbonyl (C=O) groups is 2. The van der Waals surface area contributed by atoms with E-state index in [9.17, 15) is 22.8 Å². The van der Waals surface area contributed by atoms with E-state index in [1.807, 2.05) is 0 Å². The third kappa shape index (κ3) is 3.81. The fourth-order valence-electron chi connectivity index (χ4n) is 1.92. The second-order valence-electron chi connectivity index (χ2n) is 4.49. The zero-order valence-corrected chi connectivity index (χ0v) is 12.1. The first-order valence-corrected chi connectivity index (χ1v) is 6.58. The Morgan fingerprint density at radius 2 is 1.65 bits per heavy atom. The van der Waals surface area contributed by atoms with Crippen molar-refractivity contribution in [2.24, 2.45) is 0 Å². The van der Waals surface area contributed by atoms with Crippen LogP contribution in [0.1, 0.15) is 26.3 Å². The fourth-order valence-corrected chi connectivity index (χ4v) is 2.09. The molecule has 0 unspecified atom stereocenters. The molecule has 2 aromatic carbocycles. The molecule has 0 saturated heterocycles. The lowest BCUT2D eigenvalue weighted by atomic mass is 10.1. The summed E-state index contributed by atoms with van der Waals surface area (Å²) in [6.07, 6.45) is -4.72. The van der Waals surface area contributed by atoms with Crippen molar-refractivity contribution in [1.29, 1.82) is 0 Å². The Hall–Kier alpha value is -2.54. The summed E-state index contributed by atoms with van der Waals surface area (Å²) < 4.78 is 39.0. The number of hydrogen-bond donors (Lipinski definition) is 2. The number of nitrogens with one attached hydrogen (secondary N) is 1. The lowest BCUT2D eigenvalue weighted by Crippen LogP contribution is -2.19. The zero-order valence-electron chi connectivity index (χ0n) is 11.3. The monoisotopic (exact) mass is 343 g/mol. The molecule has 2 aromatic rings. The van der Waals surface area contributed by atoms with E-state index in [4.69, 9.17) is 16.7 Å². The smallest absolute Gasteiger partial charge is 0.418 e. The Balaban J connectivity index is 2.41. The highest BCUT2D eigenvalue weighted by Gasteiger charge is 2.34. The average Bonchev–Trinajstić information content (AvgIpc) is 2.48. The van der Waals surface area contributed by atoms with Crippen LogP contribution in [0.15, 0.2) is 42.5 Å². The van der Waals surface area contributed by atoms with Gasteiger partial charge >= 0.3 is 12.1 Å². The Kier molecular flexibility index (Phi) is 4.60. The SMILES string of the molecule is O=C(O)c1ccccc1C(=O)Nc1ccc(Cl)cc1C(F)(F)F. The largest absolute Gasteiger partial charge is 0.478 e. The Morgan fingerprint density at radius 1 is 1.04 bits per heavy atom. The minimum atomic E-state index is -4.72. The van der Waals surface area contributed by atoms with Gasteiger partial charge in [0.05, 0.1) is 22.4 Å². The lowest BCUT2D eigenvalue weighted by Gasteiger charge is -2.14. The summed E-state index contributed by atoms with van der Waals surface area (Å²) in [6.45, 7) is 0. The van der Waals surface area contributed by atoms with Crippen LogP contribution in [-0.2, 0) is 6.18 Å². The van der Waals surface area contributed by atoms with Crippen molar-refractivity contribution in [3.8, 4) is 0 Å². The van der Waals surface area contributed by atoms with Crippen LogP contribution in [0.25, 0.3) is 0 Å². The van der Waals surface area contributed by atoms with Crippen molar-refractivity contribution in [1.82, 2.24) is 0 Å². The van der Waals surface area contributed by atoms with E-state index in [0.29, 0.717) is 6.07 Å². The first kappa shape index (κ1) is 16.8. The second kappa shape index (κ2) is 6.29. The summed E-state index contributed by atoms with van der Waals surface area (Å²) in [5.41, 5.74) is -2.19. The summed E-state index contributed by atoms with van der Waals surface area (Å²) in [4.78, 5) is 23.2. The molecule has 0 aliphatic rings. The summed E-state index contributed by atoms with van der Waals surface area (Å²) >= 11 is 5.55. The number of rotatable bonds is 3. The van der Waals surface area contributed by atoms with Gasteiger partial charge in [0, 0.05) is 5.02 Å². The standard InChI is InChI=1S/C15H9ClF3NO3/c16-8-5-6-12(11(7-8)15(17,18)19)20-13(21)9-3-1-2-4-10(9)14(22)23/h1-7H,(H,20,21)(H,22,23). The highest BCUT2D eigenvalue weighted by molar-refractivity contribution is 6.30. The molecule has 0 heterocycles. The van der Waals surface area contributed by atoms with Gasteiger partial charge in [-0.25, -0.2) is 4.79 Å². The van der Waals surface area contributed by atoms with Crippen molar-refractivity contribution < 1.29 is 27.9 Å². The van der Waals surface area contributed by atoms with Crippen LogP contribution in [0.5, 0.6) is 0 Å². The number of amides is 1. The first-order valence-electron chi connectivity index (χ1n) is 6.20. The van der Waals surface area contributed by atoms with Crippen molar-refractivity contribution in [2.75, 3.05) is 5.32 Å². The topological polar surface area (TPSA) is 66.4 Å². The minimum absolute atomic E-state index is 0.138. The molecule has 0 bridgehead atoms. The van der Waals surface area contributed by atoms with Crippen molar-refractivity contribution in [3.05, 3.63) is 64.2 Å². The molecule has 0 aromatic heterocycles. The normalized spacial score (nSPS) is 11.1. The van der Waals surface area contributed by atoms with E-state index in [-0.39, 0.29) is 16.1 Å². The van der Waals surface area contributed by atoms with Gasteiger partial charge in [-0.3, -0.25) is 4.79 Å². The van der Waals surface area contributed by atoms with E-state index >= 15 is 0 Å². The first-order chi connectivity index (χ1) is 10.7. The molecule has 0 atom stereocenters. The molecular weight excluding hydrogens is 335 g/mol. The molecule has 0 aliphatic heterocycles. The molecule has 120 valence electrons. The summed E-state index contributed by atoms with van der Waals surface area (Å²) in [5, 5.41) is 11.0. The van der Waals surface area contributed by atoms with Crippen molar-refractivity contribution in [2.45, 2.75) is 6.18 Å². The maximum absolute atomic E-state index is 13.0.